The summed E-state index contributed by atoms with van der Waals surface area (Å²) in [5, 5.41) is 0. The zero-order valence-electron chi connectivity index (χ0n) is 9.66. The summed E-state index contributed by atoms with van der Waals surface area (Å²) in [6.07, 6.45) is 3.79. The lowest BCUT2D eigenvalue weighted by atomic mass is 10.0. The molecule has 1 saturated heterocycles. The van der Waals surface area contributed by atoms with E-state index in [2.05, 4.69) is 16.9 Å². The molecule has 2 heterocycles. The van der Waals surface area contributed by atoms with Crippen molar-refractivity contribution in [2.75, 3.05) is 13.2 Å². The van der Waals surface area contributed by atoms with Crippen LogP contribution in [-0.2, 0) is 17.6 Å². The van der Waals surface area contributed by atoms with Crippen molar-refractivity contribution < 1.29 is 4.74 Å². The van der Waals surface area contributed by atoms with Crippen LogP contribution < -0.4 is 5.56 Å². The molecule has 1 atom stereocenters. The predicted octanol–water partition coefficient (Wildman–Crippen LogP) is 1.30. The highest BCUT2D eigenvalue weighted by Gasteiger charge is 2.17. The molecule has 1 fully saturated rings. The number of ether oxygens (including phenoxy) is 1. The van der Waals surface area contributed by atoms with Gasteiger partial charge in [-0.3, -0.25) is 4.79 Å². The number of rotatable bonds is 4. The van der Waals surface area contributed by atoms with Crippen LogP contribution in [0.5, 0.6) is 0 Å². The molecule has 0 bridgehead atoms. The van der Waals surface area contributed by atoms with Crippen molar-refractivity contribution in [3.63, 3.8) is 0 Å². The third-order valence-electron chi connectivity index (χ3n) is 2.86. The second-order valence-corrected chi connectivity index (χ2v) is 4.37. The quantitative estimate of drug-likeness (QED) is 0.835. The largest absolute Gasteiger partial charge is 0.381 e. The van der Waals surface area contributed by atoms with Crippen LogP contribution in [0.4, 0.5) is 0 Å². The van der Waals surface area contributed by atoms with Gasteiger partial charge >= 0.3 is 0 Å². The molecule has 0 aliphatic carbocycles. The standard InChI is InChI=1S/C12H18N2O2/c1-2-3-10-7-12(15)14-11(13-10)6-9-4-5-16-8-9/h7,9H,2-6,8H2,1H3,(H,13,14,15). The molecule has 1 aliphatic rings. The van der Waals surface area contributed by atoms with Crippen molar-refractivity contribution in [3.8, 4) is 0 Å². The zero-order chi connectivity index (χ0) is 11.4. The van der Waals surface area contributed by atoms with Crippen molar-refractivity contribution in [2.45, 2.75) is 32.6 Å². The van der Waals surface area contributed by atoms with E-state index in [0.29, 0.717) is 5.92 Å². The summed E-state index contributed by atoms with van der Waals surface area (Å²) in [6, 6.07) is 1.60. The zero-order valence-corrected chi connectivity index (χ0v) is 9.66. The summed E-state index contributed by atoms with van der Waals surface area (Å²) < 4.78 is 5.32. The molecule has 4 nitrogen and oxygen atoms in total. The Hall–Kier alpha value is -1.16. The van der Waals surface area contributed by atoms with Crippen molar-refractivity contribution >= 4 is 0 Å². The van der Waals surface area contributed by atoms with Gasteiger partial charge in [0.05, 0.1) is 0 Å². The van der Waals surface area contributed by atoms with Gasteiger partial charge in [-0.15, -0.1) is 0 Å². The molecule has 0 saturated carbocycles. The number of aromatic nitrogens is 2. The number of H-pyrrole nitrogens is 1. The average Bonchev–Trinajstić information content (AvgIpc) is 2.70. The van der Waals surface area contributed by atoms with Gasteiger partial charge in [0.15, 0.2) is 0 Å². The monoisotopic (exact) mass is 222 g/mol. The molecule has 1 N–H and O–H groups in total. The number of hydrogen-bond donors (Lipinski definition) is 1. The summed E-state index contributed by atoms with van der Waals surface area (Å²) in [4.78, 5) is 18.7. The highest BCUT2D eigenvalue weighted by atomic mass is 16.5. The fourth-order valence-electron chi connectivity index (χ4n) is 2.06. The third-order valence-corrected chi connectivity index (χ3v) is 2.86. The molecule has 2 rings (SSSR count). The minimum atomic E-state index is -0.0348. The van der Waals surface area contributed by atoms with Gasteiger partial charge in [0.2, 0.25) is 0 Å². The molecule has 0 spiro atoms. The maximum Gasteiger partial charge on any atom is 0.251 e. The van der Waals surface area contributed by atoms with Gasteiger partial charge in [0.25, 0.3) is 5.56 Å². The SMILES string of the molecule is CCCc1cc(=O)[nH]c(CC2CCOC2)n1. The van der Waals surface area contributed by atoms with Gasteiger partial charge in [0, 0.05) is 31.4 Å². The molecule has 16 heavy (non-hydrogen) atoms. The summed E-state index contributed by atoms with van der Waals surface area (Å²) in [6.45, 7) is 3.72. The molecule has 1 aromatic rings. The van der Waals surface area contributed by atoms with Crippen LogP contribution in [0.3, 0.4) is 0 Å². The molecular formula is C12H18N2O2. The number of aryl methyl sites for hydroxylation is 1. The van der Waals surface area contributed by atoms with Crippen molar-refractivity contribution in [2.24, 2.45) is 5.92 Å². The summed E-state index contributed by atoms with van der Waals surface area (Å²) in [5.74, 6) is 1.33. The molecule has 1 aliphatic heterocycles. The Labute approximate surface area is 95.1 Å². The van der Waals surface area contributed by atoms with E-state index in [4.69, 9.17) is 4.74 Å². The van der Waals surface area contributed by atoms with Gasteiger partial charge in [-0.2, -0.15) is 0 Å². The molecule has 4 heteroatoms. The van der Waals surface area contributed by atoms with E-state index in [9.17, 15) is 4.79 Å². The molecule has 1 unspecified atom stereocenters. The molecule has 88 valence electrons. The van der Waals surface area contributed by atoms with E-state index < -0.39 is 0 Å². The maximum atomic E-state index is 11.4. The third kappa shape index (κ3) is 2.92. The second-order valence-electron chi connectivity index (χ2n) is 4.37. The van der Waals surface area contributed by atoms with Crippen LogP contribution in [0.25, 0.3) is 0 Å². The van der Waals surface area contributed by atoms with Gasteiger partial charge in [-0.05, 0) is 18.8 Å². The minimum absolute atomic E-state index is 0.0348. The smallest absolute Gasteiger partial charge is 0.251 e. The predicted molar refractivity (Wildman–Crippen MR) is 61.5 cm³/mol. The Morgan fingerprint density at radius 2 is 2.50 bits per heavy atom. The highest BCUT2D eigenvalue weighted by molar-refractivity contribution is 5.03. The Balaban J connectivity index is 2.10. The first-order chi connectivity index (χ1) is 7.78. The summed E-state index contributed by atoms with van der Waals surface area (Å²) in [7, 11) is 0. The van der Waals surface area contributed by atoms with Crippen LogP contribution in [-0.4, -0.2) is 23.2 Å². The number of nitrogens with one attached hydrogen (secondary N) is 1. The lowest BCUT2D eigenvalue weighted by Crippen LogP contribution is -2.16. The van der Waals surface area contributed by atoms with E-state index in [1.54, 1.807) is 6.07 Å². The minimum Gasteiger partial charge on any atom is -0.381 e. The van der Waals surface area contributed by atoms with E-state index >= 15 is 0 Å². The fourth-order valence-corrected chi connectivity index (χ4v) is 2.06. The molecule has 0 amide bonds. The molecule has 0 radical (unpaired) electrons. The van der Waals surface area contributed by atoms with E-state index in [0.717, 1.165) is 50.4 Å². The van der Waals surface area contributed by atoms with Gasteiger partial charge in [-0.1, -0.05) is 13.3 Å². The van der Waals surface area contributed by atoms with Crippen LogP contribution >= 0.6 is 0 Å². The Kier molecular flexibility index (Phi) is 3.72. The number of nitrogens with zero attached hydrogens (tertiary/aromatic N) is 1. The Morgan fingerprint density at radius 1 is 1.62 bits per heavy atom. The first-order valence-corrected chi connectivity index (χ1v) is 5.94. The fraction of sp³-hybridized carbons (Fsp3) is 0.667. The topological polar surface area (TPSA) is 55.0 Å². The molecular weight excluding hydrogens is 204 g/mol. The first-order valence-electron chi connectivity index (χ1n) is 5.94. The lowest BCUT2D eigenvalue weighted by Gasteiger charge is -2.07. The summed E-state index contributed by atoms with van der Waals surface area (Å²) in [5.41, 5.74) is 0.868. The second kappa shape index (κ2) is 5.25. The van der Waals surface area contributed by atoms with Crippen LogP contribution in [0.15, 0.2) is 10.9 Å². The van der Waals surface area contributed by atoms with Gasteiger partial charge in [-0.25, -0.2) is 4.98 Å². The summed E-state index contributed by atoms with van der Waals surface area (Å²) >= 11 is 0. The van der Waals surface area contributed by atoms with Crippen LogP contribution in [0, 0.1) is 5.92 Å². The number of hydrogen-bond acceptors (Lipinski definition) is 3. The van der Waals surface area contributed by atoms with Crippen molar-refractivity contribution in [1.29, 1.82) is 0 Å². The maximum absolute atomic E-state index is 11.4. The van der Waals surface area contributed by atoms with E-state index in [-0.39, 0.29) is 5.56 Å². The molecule has 1 aromatic heterocycles. The first kappa shape index (κ1) is 11.3. The lowest BCUT2D eigenvalue weighted by molar-refractivity contribution is 0.185. The van der Waals surface area contributed by atoms with E-state index in [1.165, 1.54) is 0 Å². The average molecular weight is 222 g/mol. The van der Waals surface area contributed by atoms with Crippen molar-refractivity contribution in [1.82, 2.24) is 9.97 Å². The Bertz CT molecular complexity index is 394. The van der Waals surface area contributed by atoms with Gasteiger partial charge in [0.1, 0.15) is 5.82 Å². The Morgan fingerprint density at radius 3 is 3.19 bits per heavy atom. The van der Waals surface area contributed by atoms with Crippen LogP contribution in [0.2, 0.25) is 0 Å². The number of aromatic amines is 1. The molecule has 0 aromatic carbocycles. The normalized spacial score (nSPS) is 20.2. The van der Waals surface area contributed by atoms with Crippen molar-refractivity contribution in [3.05, 3.63) is 27.9 Å². The van der Waals surface area contributed by atoms with Gasteiger partial charge < -0.3 is 9.72 Å². The van der Waals surface area contributed by atoms with Crippen LogP contribution in [0.1, 0.15) is 31.3 Å². The van der Waals surface area contributed by atoms with E-state index in [1.807, 2.05) is 0 Å². The highest BCUT2D eigenvalue weighted by Crippen LogP contribution is 2.15.